The minimum atomic E-state index is -0.556. The highest BCUT2D eigenvalue weighted by atomic mass is 19.1. The fraction of sp³-hybridized carbons (Fsp3) is 0.471. The topological polar surface area (TPSA) is 54.4 Å². The van der Waals surface area contributed by atoms with E-state index in [0.717, 1.165) is 24.9 Å². The fourth-order valence-corrected chi connectivity index (χ4v) is 3.74. The quantitative estimate of drug-likeness (QED) is 0.892. The summed E-state index contributed by atoms with van der Waals surface area (Å²) in [4.78, 5) is 4.24. The van der Waals surface area contributed by atoms with Crippen LogP contribution in [0.1, 0.15) is 12.8 Å². The Hall–Kier alpha value is -1.72. The van der Waals surface area contributed by atoms with Crippen molar-refractivity contribution in [3.63, 3.8) is 0 Å². The van der Waals surface area contributed by atoms with Crippen molar-refractivity contribution in [3.05, 3.63) is 36.3 Å². The molecule has 116 valence electrons. The van der Waals surface area contributed by atoms with E-state index in [1.807, 2.05) is 12.1 Å². The van der Waals surface area contributed by atoms with E-state index in [2.05, 4.69) is 10.3 Å². The van der Waals surface area contributed by atoms with Gasteiger partial charge in [0.2, 0.25) is 0 Å². The van der Waals surface area contributed by atoms with Crippen molar-refractivity contribution in [1.29, 1.82) is 0 Å². The molecule has 1 aliphatic heterocycles. The van der Waals surface area contributed by atoms with Gasteiger partial charge in [-0.2, -0.15) is 0 Å². The molecule has 1 saturated carbocycles. The standard InChI is InChI=1S/C17H19FN2O2/c18-13-4-3-10-2-1-5-20-16(10)17(13)22-15-7-12-9-19-8-11(12)6-14(15)21/h1-5,11-12,14-15,19,21H,6-9H2/t11-,12+,14+,15+/m0/s1. The van der Waals surface area contributed by atoms with E-state index in [1.54, 1.807) is 12.3 Å². The highest BCUT2D eigenvalue weighted by Gasteiger charge is 2.40. The first-order valence-corrected chi connectivity index (χ1v) is 7.81. The predicted octanol–water partition coefficient (Wildman–Crippen LogP) is 2.11. The van der Waals surface area contributed by atoms with Gasteiger partial charge in [-0.05, 0) is 56.0 Å². The van der Waals surface area contributed by atoms with Gasteiger partial charge in [-0.25, -0.2) is 4.39 Å². The second-order valence-electron chi connectivity index (χ2n) is 6.33. The number of rotatable bonds is 2. The van der Waals surface area contributed by atoms with Crippen molar-refractivity contribution >= 4 is 10.9 Å². The van der Waals surface area contributed by atoms with Gasteiger partial charge in [0.25, 0.3) is 0 Å². The minimum absolute atomic E-state index is 0.159. The lowest BCUT2D eigenvalue weighted by atomic mass is 9.78. The summed E-state index contributed by atoms with van der Waals surface area (Å²) in [6.45, 7) is 1.91. The monoisotopic (exact) mass is 302 g/mol. The smallest absolute Gasteiger partial charge is 0.181 e. The van der Waals surface area contributed by atoms with Gasteiger partial charge in [0.1, 0.15) is 11.6 Å². The number of fused-ring (bicyclic) bond motifs is 2. The van der Waals surface area contributed by atoms with Crippen molar-refractivity contribution < 1.29 is 14.2 Å². The number of aliphatic hydroxyl groups is 1. The number of aromatic nitrogens is 1. The molecule has 2 N–H and O–H groups in total. The maximum atomic E-state index is 14.2. The van der Waals surface area contributed by atoms with Crippen LogP contribution in [-0.2, 0) is 0 Å². The van der Waals surface area contributed by atoms with Crippen molar-refractivity contribution in [1.82, 2.24) is 10.3 Å². The van der Waals surface area contributed by atoms with Crippen LogP contribution in [0, 0.1) is 17.7 Å². The number of nitrogens with one attached hydrogen (secondary N) is 1. The molecule has 1 aromatic heterocycles. The first-order chi connectivity index (χ1) is 10.7. The summed E-state index contributed by atoms with van der Waals surface area (Å²) in [6, 6.07) is 6.78. The summed E-state index contributed by atoms with van der Waals surface area (Å²) in [6.07, 6.45) is 2.16. The molecular formula is C17H19FN2O2. The van der Waals surface area contributed by atoms with E-state index in [-0.39, 0.29) is 11.9 Å². The van der Waals surface area contributed by atoms with Crippen molar-refractivity contribution in [2.75, 3.05) is 13.1 Å². The van der Waals surface area contributed by atoms with Crippen LogP contribution in [0.5, 0.6) is 5.75 Å². The molecular weight excluding hydrogens is 283 g/mol. The molecule has 2 aliphatic rings. The van der Waals surface area contributed by atoms with Crippen LogP contribution in [0.15, 0.2) is 30.5 Å². The third-order valence-electron chi connectivity index (χ3n) is 4.94. The van der Waals surface area contributed by atoms with E-state index < -0.39 is 11.9 Å². The van der Waals surface area contributed by atoms with Crippen molar-refractivity contribution in [2.24, 2.45) is 11.8 Å². The Bertz CT molecular complexity index is 693. The summed E-state index contributed by atoms with van der Waals surface area (Å²) in [5, 5.41) is 14.5. The molecule has 5 heteroatoms. The van der Waals surface area contributed by atoms with Gasteiger partial charge in [0, 0.05) is 11.6 Å². The number of nitrogens with zero attached hydrogens (tertiary/aromatic N) is 1. The summed E-state index contributed by atoms with van der Waals surface area (Å²) < 4.78 is 20.1. The van der Waals surface area contributed by atoms with Crippen LogP contribution < -0.4 is 10.1 Å². The number of halogens is 1. The van der Waals surface area contributed by atoms with Crippen LogP contribution in [0.4, 0.5) is 4.39 Å². The second kappa shape index (κ2) is 5.48. The molecule has 4 rings (SSSR count). The van der Waals surface area contributed by atoms with Crippen LogP contribution in [0.25, 0.3) is 10.9 Å². The molecule has 4 atom stereocenters. The van der Waals surface area contributed by atoms with Gasteiger partial charge in [-0.3, -0.25) is 4.98 Å². The first kappa shape index (κ1) is 13.9. The number of hydrogen-bond donors (Lipinski definition) is 2. The molecule has 2 aromatic rings. The summed E-state index contributed by atoms with van der Waals surface area (Å²) >= 11 is 0. The Morgan fingerprint density at radius 2 is 2.00 bits per heavy atom. The molecule has 0 unspecified atom stereocenters. The van der Waals surface area contributed by atoms with E-state index in [4.69, 9.17) is 4.74 Å². The Morgan fingerprint density at radius 3 is 2.86 bits per heavy atom. The molecule has 1 saturated heterocycles. The predicted molar refractivity (Wildman–Crippen MR) is 81.2 cm³/mol. The van der Waals surface area contributed by atoms with Crippen LogP contribution in [-0.4, -0.2) is 35.4 Å². The van der Waals surface area contributed by atoms with Crippen LogP contribution in [0.2, 0.25) is 0 Å². The largest absolute Gasteiger partial charge is 0.482 e. The number of pyridine rings is 1. The number of ether oxygens (including phenoxy) is 1. The van der Waals surface area contributed by atoms with E-state index in [1.165, 1.54) is 6.07 Å². The number of hydrogen-bond acceptors (Lipinski definition) is 4. The Morgan fingerprint density at radius 1 is 1.18 bits per heavy atom. The highest BCUT2D eigenvalue weighted by Crippen LogP contribution is 2.36. The van der Waals surface area contributed by atoms with E-state index in [0.29, 0.717) is 23.8 Å². The van der Waals surface area contributed by atoms with Gasteiger partial charge in [0.05, 0.1) is 6.10 Å². The molecule has 0 radical (unpaired) electrons. The number of benzene rings is 1. The summed E-state index contributed by atoms with van der Waals surface area (Å²) in [5.41, 5.74) is 0.515. The Balaban J connectivity index is 1.64. The van der Waals surface area contributed by atoms with Gasteiger partial charge in [-0.1, -0.05) is 6.07 Å². The normalized spacial score (nSPS) is 31.2. The molecule has 1 aliphatic carbocycles. The van der Waals surface area contributed by atoms with Gasteiger partial charge in [-0.15, -0.1) is 0 Å². The maximum Gasteiger partial charge on any atom is 0.181 e. The molecule has 2 fully saturated rings. The Labute approximate surface area is 128 Å². The third kappa shape index (κ3) is 2.34. The highest BCUT2D eigenvalue weighted by molar-refractivity contribution is 5.84. The summed E-state index contributed by atoms with van der Waals surface area (Å²) in [5.74, 6) is 0.737. The fourth-order valence-electron chi connectivity index (χ4n) is 3.74. The first-order valence-electron chi connectivity index (χ1n) is 7.81. The minimum Gasteiger partial charge on any atom is -0.482 e. The third-order valence-corrected chi connectivity index (χ3v) is 4.94. The molecule has 22 heavy (non-hydrogen) atoms. The lowest BCUT2D eigenvalue weighted by Crippen LogP contribution is -2.42. The van der Waals surface area contributed by atoms with Gasteiger partial charge in [0.15, 0.2) is 11.6 Å². The molecule has 0 spiro atoms. The van der Waals surface area contributed by atoms with Crippen LogP contribution in [0.3, 0.4) is 0 Å². The average Bonchev–Trinajstić information content (AvgIpc) is 2.97. The summed E-state index contributed by atoms with van der Waals surface area (Å²) in [7, 11) is 0. The molecule has 1 aromatic carbocycles. The second-order valence-corrected chi connectivity index (χ2v) is 6.33. The molecule has 2 heterocycles. The van der Waals surface area contributed by atoms with Crippen molar-refractivity contribution in [2.45, 2.75) is 25.0 Å². The lowest BCUT2D eigenvalue weighted by molar-refractivity contribution is -0.0240. The maximum absolute atomic E-state index is 14.2. The zero-order valence-corrected chi connectivity index (χ0v) is 12.2. The molecule has 0 amide bonds. The SMILES string of the molecule is O[C@@H]1C[C@H]2CNC[C@H]2C[C@H]1Oc1c(F)ccc2cccnc12. The van der Waals surface area contributed by atoms with E-state index >= 15 is 0 Å². The average molecular weight is 302 g/mol. The van der Waals surface area contributed by atoms with Gasteiger partial charge >= 0.3 is 0 Å². The molecule has 4 nitrogen and oxygen atoms in total. The Kier molecular flexibility index (Phi) is 3.47. The van der Waals surface area contributed by atoms with Crippen molar-refractivity contribution in [3.8, 4) is 5.75 Å². The lowest BCUT2D eigenvalue weighted by Gasteiger charge is -2.35. The van der Waals surface area contributed by atoms with Crippen LogP contribution >= 0.6 is 0 Å². The van der Waals surface area contributed by atoms with E-state index in [9.17, 15) is 9.50 Å². The van der Waals surface area contributed by atoms with Gasteiger partial charge < -0.3 is 15.2 Å². The molecule has 0 bridgehead atoms. The number of aliphatic hydroxyl groups excluding tert-OH is 1. The zero-order chi connectivity index (χ0) is 15.1. The zero-order valence-electron chi connectivity index (χ0n) is 12.2.